The van der Waals surface area contributed by atoms with Crippen molar-refractivity contribution in [3.63, 3.8) is 0 Å². The minimum atomic E-state index is -4.75. The van der Waals surface area contributed by atoms with Crippen LogP contribution < -0.4 is 0 Å². The summed E-state index contributed by atoms with van der Waals surface area (Å²) < 4.78 is 31.5. The summed E-state index contributed by atoms with van der Waals surface area (Å²) in [5.74, 6) is -1.54. The molecule has 0 amide bonds. The lowest BCUT2D eigenvalue weighted by atomic mass is 9.96. The van der Waals surface area contributed by atoms with Crippen LogP contribution in [0.1, 0.15) is 5.56 Å². The molecular formula is C12H8O5S. The summed E-state index contributed by atoms with van der Waals surface area (Å²) in [6, 6.07) is 7.86. The Labute approximate surface area is 103 Å². The smallest absolute Gasteiger partial charge is 0.289 e. The van der Waals surface area contributed by atoms with E-state index in [0.717, 1.165) is 12.2 Å². The second-order valence-electron chi connectivity index (χ2n) is 3.61. The molecule has 2 rings (SSSR count). The predicted octanol–water partition coefficient (Wildman–Crippen LogP) is 0.994. The number of rotatable bonds is 2. The van der Waals surface area contributed by atoms with Gasteiger partial charge in [0, 0.05) is 0 Å². The molecule has 18 heavy (non-hydrogen) atoms. The minimum absolute atomic E-state index is 0.271. The molecule has 0 aromatic heterocycles. The summed E-state index contributed by atoms with van der Waals surface area (Å²) in [5, 5.41) is 0. The largest absolute Gasteiger partial charge is 0.299 e. The summed E-state index contributed by atoms with van der Waals surface area (Å²) in [6.07, 6.45) is 1.82. The first-order chi connectivity index (χ1) is 8.41. The monoisotopic (exact) mass is 264 g/mol. The van der Waals surface area contributed by atoms with Crippen molar-refractivity contribution in [2.45, 2.75) is 0 Å². The van der Waals surface area contributed by atoms with E-state index in [1.54, 1.807) is 18.2 Å². The maximum Gasteiger partial charge on any atom is 0.299 e. The van der Waals surface area contributed by atoms with Crippen molar-refractivity contribution in [2.24, 2.45) is 0 Å². The standard InChI is InChI=1S/C12H8O5S/c13-9-6-7-10(14)12(18(15,16)17)11(9)8-4-2-1-3-5-8/h1-7H,(H,15,16,17). The van der Waals surface area contributed by atoms with Crippen LogP contribution in [-0.4, -0.2) is 24.5 Å². The molecule has 1 aliphatic carbocycles. The van der Waals surface area contributed by atoms with Crippen LogP contribution in [-0.2, 0) is 19.7 Å². The molecule has 0 fully saturated rings. The zero-order valence-electron chi connectivity index (χ0n) is 9.03. The summed E-state index contributed by atoms with van der Waals surface area (Å²) >= 11 is 0. The molecule has 0 bridgehead atoms. The molecule has 1 N–H and O–H groups in total. The molecule has 92 valence electrons. The fourth-order valence-corrected chi connectivity index (χ4v) is 2.48. The quantitative estimate of drug-likeness (QED) is 0.635. The van der Waals surface area contributed by atoms with Gasteiger partial charge in [0.15, 0.2) is 10.7 Å². The summed E-state index contributed by atoms with van der Waals surface area (Å²) in [5.41, 5.74) is -0.0292. The van der Waals surface area contributed by atoms with E-state index in [1.165, 1.54) is 12.1 Å². The molecule has 0 spiro atoms. The number of allylic oxidation sites excluding steroid dienone is 4. The highest BCUT2D eigenvalue weighted by molar-refractivity contribution is 7.91. The highest BCUT2D eigenvalue weighted by Gasteiger charge is 2.32. The van der Waals surface area contributed by atoms with Crippen molar-refractivity contribution in [3.05, 3.63) is 53.0 Å². The van der Waals surface area contributed by atoms with Crippen molar-refractivity contribution < 1.29 is 22.6 Å². The Morgan fingerprint density at radius 2 is 1.44 bits per heavy atom. The van der Waals surface area contributed by atoms with Gasteiger partial charge in [-0.15, -0.1) is 0 Å². The van der Waals surface area contributed by atoms with Crippen LogP contribution in [0, 0.1) is 0 Å². The highest BCUT2D eigenvalue weighted by atomic mass is 32.2. The normalized spacial score (nSPS) is 16.3. The fraction of sp³-hybridized carbons (Fsp3) is 0. The average Bonchev–Trinajstić information content (AvgIpc) is 2.31. The van der Waals surface area contributed by atoms with Crippen LogP contribution >= 0.6 is 0 Å². The molecule has 1 aromatic rings. The molecule has 0 atom stereocenters. The summed E-state index contributed by atoms with van der Waals surface area (Å²) in [6.45, 7) is 0. The Morgan fingerprint density at radius 1 is 0.889 bits per heavy atom. The minimum Gasteiger partial charge on any atom is -0.289 e. The number of hydrogen-bond donors (Lipinski definition) is 1. The third kappa shape index (κ3) is 2.15. The highest BCUT2D eigenvalue weighted by Crippen LogP contribution is 2.27. The summed E-state index contributed by atoms with van der Waals surface area (Å²) in [4.78, 5) is 22.4. The number of carbonyl (C=O) groups is 2. The van der Waals surface area contributed by atoms with Gasteiger partial charge in [0.25, 0.3) is 10.1 Å². The average molecular weight is 264 g/mol. The van der Waals surface area contributed by atoms with Gasteiger partial charge in [-0.1, -0.05) is 30.3 Å². The predicted molar refractivity (Wildman–Crippen MR) is 64.1 cm³/mol. The SMILES string of the molecule is O=C1C=CC(=O)C(S(=O)(=O)O)=C1c1ccccc1. The lowest BCUT2D eigenvalue weighted by Gasteiger charge is -2.12. The van der Waals surface area contributed by atoms with E-state index in [4.69, 9.17) is 4.55 Å². The Hall–Kier alpha value is -2.05. The van der Waals surface area contributed by atoms with Crippen LogP contribution in [0.5, 0.6) is 0 Å². The Bertz CT molecular complexity index is 680. The third-order valence-corrected chi connectivity index (χ3v) is 3.32. The number of ketones is 2. The Balaban J connectivity index is 2.79. The number of hydrogen-bond acceptors (Lipinski definition) is 4. The van der Waals surface area contributed by atoms with Crippen LogP contribution in [0.3, 0.4) is 0 Å². The first-order valence-corrected chi connectivity index (χ1v) is 6.39. The Kier molecular flexibility index (Phi) is 2.98. The van der Waals surface area contributed by atoms with Gasteiger partial charge < -0.3 is 0 Å². The van der Waals surface area contributed by atoms with Gasteiger partial charge >= 0.3 is 0 Å². The fourth-order valence-electron chi connectivity index (χ4n) is 1.68. The Morgan fingerprint density at radius 3 is 2.00 bits per heavy atom. The van der Waals surface area contributed by atoms with Gasteiger partial charge in [0.05, 0.1) is 5.57 Å². The van der Waals surface area contributed by atoms with Crippen molar-refractivity contribution in [2.75, 3.05) is 0 Å². The maximum atomic E-state index is 11.7. The molecule has 6 heteroatoms. The zero-order chi connectivity index (χ0) is 13.3. The molecule has 0 saturated carbocycles. The van der Waals surface area contributed by atoms with Crippen LogP contribution in [0.4, 0.5) is 0 Å². The maximum absolute atomic E-state index is 11.7. The van der Waals surface area contributed by atoms with Gasteiger partial charge in [0.2, 0.25) is 5.78 Å². The molecule has 0 unspecified atom stereocenters. The molecule has 0 heterocycles. The molecule has 0 radical (unpaired) electrons. The molecule has 1 aromatic carbocycles. The van der Waals surface area contributed by atoms with Crippen LogP contribution in [0.25, 0.3) is 5.57 Å². The number of carbonyl (C=O) groups excluding carboxylic acids is 2. The van der Waals surface area contributed by atoms with E-state index in [1.807, 2.05) is 0 Å². The van der Waals surface area contributed by atoms with Crippen molar-refractivity contribution >= 4 is 27.3 Å². The van der Waals surface area contributed by atoms with Crippen LogP contribution in [0.15, 0.2) is 47.4 Å². The lowest BCUT2D eigenvalue weighted by Crippen LogP contribution is -2.20. The van der Waals surface area contributed by atoms with Gasteiger partial charge in [-0.2, -0.15) is 8.42 Å². The van der Waals surface area contributed by atoms with Crippen molar-refractivity contribution in [1.29, 1.82) is 0 Å². The zero-order valence-corrected chi connectivity index (χ0v) is 9.85. The van der Waals surface area contributed by atoms with E-state index >= 15 is 0 Å². The van der Waals surface area contributed by atoms with Gasteiger partial charge in [-0.3, -0.25) is 14.1 Å². The summed E-state index contributed by atoms with van der Waals surface area (Å²) in [7, 11) is -4.75. The third-order valence-electron chi connectivity index (χ3n) is 2.40. The van der Waals surface area contributed by atoms with Crippen LogP contribution in [0.2, 0.25) is 0 Å². The number of benzene rings is 1. The topological polar surface area (TPSA) is 88.5 Å². The lowest BCUT2D eigenvalue weighted by molar-refractivity contribution is -0.113. The molecular weight excluding hydrogens is 256 g/mol. The second-order valence-corrected chi connectivity index (χ2v) is 4.97. The molecule has 5 nitrogen and oxygen atoms in total. The first kappa shape index (κ1) is 12.4. The second kappa shape index (κ2) is 4.32. The van der Waals surface area contributed by atoms with E-state index in [9.17, 15) is 18.0 Å². The van der Waals surface area contributed by atoms with Gasteiger partial charge in [0.1, 0.15) is 0 Å². The van der Waals surface area contributed by atoms with Crippen molar-refractivity contribution in [1.82, 2.24) is 0 Å². The van der Waals surface area contributed by atoms with Gasteiger partial charge in [-0.25, -0.2) is 0 Å². The van der Waals surface area contributed by atoms with E-state index in [0.29, 0.717) is 0 Å². The van der Waals surface area contributed by atoms with E-state index < -0.39 is 26.6 Å². The molecule has 0 aliphatic heterocycles. The van der Waals surface area contributed by atoms with E-state index in [2.05, 4.69) is 0 Å². The van der Waals surface area contributed by atoms with Crippen molar-refractivity contribution in [3.8, 4) is 0 Å². The first-order valence-electron chi connectivity index (χ1n) is 4.95. The van der Waals surface area contributed by atoms with E-state index in [-0.39, 0.29) is 11.1 Å². The van der Waals surface area contributed by atoms with Gasteiger partial charge in [-0.05, 0) is 17.7 Å². The molecule has 0 saturated heterocycles. The molecule has 1 aliphatic rings.